The standard InChI is InChI=1S/C45H55ClN2O12/c1-21-12-10-13-22(2)44(56)48-35-30(20-47-19-28-14-11-15-29(46)18-28)39(53)32-33(40(35)54)38(52)26(6)42-34(32)43(55)45(8,60-42)58-17-16-31(57-9)23(3)41(59-27(7)49)25(5)37(51)24(4)36(21)50/h10-18,21,23-25,31,36-37,41,47,50-54H,19-20H2,1-9H3,(H,48,56)/b12-10-,17-16?,22-13-/t21-,23+,24+,25+,31-,36-,37+,41+,45-/m0/s1. The summed E-state index contributed by atoms with van der Waals surface area (Å²) in [6.45, 7) is 12.6. The molecule has 0 aliphatic carbocycles. The number of carbonyl (C=O) groups excluding carboxylic acids is 3. The number of phenols is 3. The number of phenolic OH excluding ortho intramolecular Hbond substituents is 3. The fourth-order valence-electron chi connectivity index (χ4n) is 7.94. The molecule has 0 aromatic heterocycles. The van der Waals surface area contributed by atoms with Crippen molar-refractivity contribution in [3.8, 4) is 23.0 Å². The van der Waals surface area contributed by atoms with E-state index >= 15 is 0 Å². The van der Waals surface area contributed by atoms with Gasteiger partial charge in [0.15, 0.2) is 5.75 Å². The van der Waals surface area contributed by atoms with E-state index in [1.165, 1.54) is 53.2 Å². The predicted octanol–water partition coefficient (Wildman–Crippen LogP) is 6.70. The Balaban J connectivity index is 1.68. The molecule has 0 spiro atoms. The van der Waals surface area contributed by atoms with Crippen molar-refractivity contribution in [2.75, 3.05) is 12.4 Å². The lowest BCUT2D eigenvalue weighted by Crippen LogP contribution is -2.46. The Morgan fingerprint density at radius 1 is 0.950 bits per heavy atom. The van der Waals surface area contributed by atoms with Crippen LogP contribution < -0.4 is 15.4 Å². The summed E-state index contributed by atoms with van der Waals surface area (Å²) >= 11 is 6.19. The van der Waals surface area contributed by atoms with Crippen molar-refractivity contribution in [3.05, 3.63) is 87.7 Å². The van der Waals surface area contributed by atoms with Crippen LogP contribution >= 0.6 is 11.6 Å². The highest BCUT2D eigenvalue weighted by Crippen LogP contribution is 2.55. The third-order valence-corrected chi connectivity index (χ3v) is 11.9. The number of fused-ring (bicyclic) bond motifs is 14. The second kappa shape index (κ2) is 18.7. The van der Waals surface area contributed by atoms with Gasteiger partial charge in [-0.2, -0.15) is 0 Å². The number of ether oxygens (including phenoxy) is 4. The molecule has 6 rings (SSSR count). The molecule has 60 heavy (non-hydrogen) atoms. The number of hydrogen-bond acceptors (Lipinski definition) is 13. The topological polar surface area (TPSA) is 213 Å². The van der Waals surface area contributed by atoms with Gasteiger partial charge in [-0.1, -0.05) is 69.7 Å². The molecule has 3 aliphatic heterocycles. The van der Waals surface area contributed by atoms with Gasteiger partial charge >= 0.3 is 11.8 Å². The minimum absolute atomic E-state index is 0.00127. The first-order valence-electron chi connectivity index (χ1n) is 19.8. The van der Waals surface area contributed by atoms with Crippen LogP contribution in [0.1, 0.15) is 75.5 Å². The van der Waals surface area contributed by atoms with Crippen LogP contribution in [0, 0.1) is 30.6 Å². The first-order chi connectivity index (χ1) is 28.2. The first kappa shape index (κ1) is 46.0. The Bertz CT molecular complexity index is 2240. The number of ketones is 1. The van der Waals surface area contributed by atoms with Gasteiger partial charge in [0.25, 0.3) is 11.7 Å². The molecular formula is C45H55ClN2O12. The van der Waals surface area contributed by atoms with Gasteiger partial charge in [-0.15, -0.1) is 0 Å². The zero-order chi connectivity index (χ0) is 44.4. The minimum atomic E-state index is -2.05. The summed E-state index contributed by atoms with van der Waals surface area (Å²) in [6.07, 6.45) is 3.54. The van der Waals surface area contributed by atoms with E-state index in [-0.39, 0.29) is 57.6 Å². The molecule has 324 valence electrons. The van der Waals surface area contributed by atoms with Crippen LogP contribution in [-0.4, -0.2) is 80.5 Å². The lowest BCUT2D eigenvalue weighted by molar-refractivity contribution is -0.160. The number of rotatable bonds is 6. The summed E-state index contributed by atoms with van der Waals surface area (Å²) in [5, 5.41) is 64.3. The molecule has 3 aliphatic rings. The number of allylic oxidation sites excluding steroid dienone is 2. The third-order valence-electron chi connectivity index (χ3n) is 11.6. The van der Waals surface area contributed by atoms with Gasteiger partial charge in [-0.25, -0.2) is 0 Å². The molecule has 5 bridgehead atoms. The lowest BCUT2D eigenvalue weighted by atomic mass is 9.78. The quantitative estimate of drug-likeness (QED) is 0.0783. The maximum Gasteiger partial charge on any atom is 0.312 e. The number of Topliss-reactive ketones (excluding diaryl/α,β-unsaturated/α-hetero) is 1. The average Bonchev–Trinajstić information content (AvgIpc) is 3.47. The fraction of sp³-hybridized carbons (Fsp3) is 0.444. The predicted molar refractivity (Wildman–Crippen MR) is 226 cm³/mol. The van der Waals surface area contributed by atoms with Crippen LogP contribution in [0.15, 0.2) is 60.4 Å². The summed E-state index contributed by atoms with van der Waals surface area (Å²) in [7, 11) is 1.43. The van der Waals surface area contributed by atoms with Crippen molar-refractivity contribution < 1.29 is 58.9 Å². The monoisotopic (exact) mass is 850 g/mol. The number of amides is 1. The van der Waals surface area contributed by atoms with Crippen molar-refractivity contribution in [2.45, 2.75) is 98.7 Å². The maximum absolute atomic E-state index is 14.4. The van der Waals surface area contributed by atoms with Crippen LogP contribution in [0.25, 0.3) is 10.8 Å². The summed E-state index contributed by atoms with van der Waals surface area (Å²) in [4.78, 5) is 40.5. The van der Waals surface area contributed by atoms with Gasteiger partial charge in [0, 0.05) is 84.8 Å². The van der Waals surface area contributed by atoms with E-state index in [0.29, 0.717) is 5.02 Å². The molecule has 9 atom stereocenters. The number of nitrogens with one attached hydrogen (secondary N) is 2. The summed E-state index contributed by atoms with van der Waals surface area (Å²) in [6, 6.07) is 7.09. The Morgan fingerprint density at radius 2 is 1.65 bits per heavy atom. The van der Waals surface area contributed by atoms with E-state index in [0.717, 1.165) is 5.56 Å². The van der Waals surface area contributed by atoms with Crippen molar-refractivity contribution in [1.82, 2.24) is 5.32 Å². The van der Waals surface area contributed by atoms with Crippen molar-refractivity contribution in [2.24, 2.45) is 23.7 Å². The van der Waals surface area contributed by atoms with Gasteiger partial charge in [0.2, 0.25) is 0 Å². The second-order valence-electron chi connectivity index (χ2n) is 15.9. The van der Waals surface area contributed by atoms with Crippen molar-refractivity contribution in [3.63, 3.8) is 0 Å². The Labute approximate surface area is 354 Å². The zero-order valence-corrected chi connectivity index (χ0v) is 36.0. The molecule has 15 heteroatoms. The van der Waals surface area contributed by atoms with Crippen LogP contribution in [-0.2, 0) is 36.9 Å². The number of aliphatic hydroxyl groups is 2. The highest BCUT2D eigenvalue weighted by molar-refractivity contribution is 6.30. The van der Waals surface area contributed by atoms with E-state index in [4.69, 9.17) is 30.5 Å². The summed E-state index contributed by atoms with van der Waals surface area (Å²) in [5.74, 6) is -8.29. The fourth-order valence-corrected chi connectivity index (χ4v) is 8.15. The number of carbonyl (C=O) groups is 3. The van der Waals surface area contributed by atoms with Crippen molar-refractivity contribution >= 4 is 45.7 Å². The van der Waals surface area contributed by atoms with E-state index in [9.17, 15) is 39.9 Å². The maximum atomic E-state index is 14.4. The van der Waals surface area contributed by atoms with Gasteiger partial charge in [0.1, 0.15) is 23.4 Å². The molecule has 1 amide bonds. The van der Waals surface area contributed by atoms with E-state index < -0.39 is 88.8 Å². The number of esters is 1. The van der Waals surface area contributed by atoms with Gasteiger partial charge < -0.3 is 55.1 Å². The number of aliphatic hydroxyl groups excluding tert-OH is 2. The van der Waals surface area contributed by atoms with E-state index in [1.54, 1.807) is 58.0 Å². The highest BCUT2D eigenvalue weighted by Gasteiger charge is 2.50. The zero-order valence-electron chi connectivity index (χ0n) is 35.2. The van der Waals surface area contributed by atoms with Crippen molar-refractivity contribution in [1.29, 1.82) is 0 Å². The minimum Gasteiger partial charge on any atom is -0.507 e. The van der Waals surface area contributed by atoms with Gasteiger partial charge in [-0.05, 0) is 37.6 Å². The van der Waals surface area contributed by atoms with Crippen LogP contribution in [0.5, 0.6) is 23.0 Å². The van der Waals surface area contributed by atoms with Gasteiger partial charge in [0.05, 0.1) is 41.2 Å². The van der Waals surface area contributed by atoms with E-state index in [1.807, 2.05) is 6.07 Å². The van der Waals surface area contributed by atoms with Crippen LogP contribution in [0.3, 0.4) is 0 Å². The Hall–Kier alpha value is -5.12. The number of aromatic hydroxyl groups is 3. The number of methoxy groups -OCH3 is 1. The number of hydrogen-bond donors (Lipinski definition) is 7. The summed E-state index contributed by atoms with van der Waals surface area (Å²) in [5.41, 5.74) is 0.638. The average molecular weight is 851 g/mol. The molecule has 3 heterocycles. The second-order valence-corrected chi connectivity index (χ2v) is 16.4. The molecule has 14 nitrogen and oxygen atoms in total. The molecule has 0 saturated heterocycles. The smallest absolute Gasteiger partial charge is 0.312 e. The molecule has 7 N–H and O–H groups in total. The lowest BCUT2D eigenvalue weighted by Gasteiger charge is -2.38. The van der Waals surface area contributed by atoms with Crippen LogP contribution in [0.4, 0.5) is 5.69 Å². The third kappa shape index (κ3) is 9.13. The molecular weight excluding hydrogens is 796 g/mol. The SMILES string of the molecule is CO[C@H]1C=CO[C@@]2(C)Oc3c(C)c(O)c4c(O)c(c(CNCc5cccc(Cl)c5)c(O)c4c3C2=O)NC(=O)/C(C)=C\C=C/[C@H](C)[C@H](O)[C@@H](C)[C@@H](O)[C@@H](C)[C@H](OC(C)=O)[C@@H]1C. The first-order valence-corrected chi connectivity index (χ1v) is 20.1. The molecule has 3 aromatic carbocycles. The molecule has 0 radical (unpaired) electrons. The molecule has 0 unspecified atom stereocenters. The molecule has 3 aromatic rings. The molecule has 0 fully saturated rings. The Kier molecular flexibility index (Phi) is 14.3. The summed E-state index contributed by atoms with van der Waals surface area (Å²) < 4.78 is 23.6. The van der Waals surface area contributed by atoms with E-state index in [2.05, 4.69) is 10.6 Å². The number of anilines is 1. The highest BCUT2D eigenvalue weighted by atomic mass is 35.5. The van der Waals surface area contributed by atoms with Crippen LogP contribution in [0.2, 0.25) is 5.02 Å². The molecule has 0 saturated carbocycles. The largest absolute Gasteiger partial charge is 0.507 e. The number of benzene rings is 3. The number of halogens is 1. The normalized spacial score (nSPS) is 29.1. The van der Waals surface area contributed by atoms with Gasteiger partial charge in [-0.3, -0.25) is 14.4 Å². The Morgan fingerprint density at radius 3 is 2.30 bits per heavy atom.